The fourth-order valence-corrected chi connectivity index (χ4v) is 2.42. The van der Waals surface area contributed by atoms with Gasteiger partial charge in [-0.1, -0.05) is 11.6 Å². The minimum Gasteiger partial charge on any atom is -0.391 e. The molecule has 0 aromatic carbocycles. The molecule has 1 aliphatic rings. The Labute approximate surface area is 135 Å². The zero-order valence-corrected chi connectivity index (χ0v) is 13.5. The number of pyridine rings is 1. The summed E-state index contributed by atoms with van der Waals surface area (Å²) in [5, 5.41) is 9.70. The molecule has 1 fully saturated rings. The van der Waals surface area contributed by atoms with Gasteiger partial charge in [-0.3, -0.25) is 4.79 Å². The minimum absolute atomic E-state index is 0.0920. The lowest BCUT2D eigenvalue weighted by atomic mass is 10.2. The largest absolute Gasteiger partial charge is 0.391 e. The van der Waals surface area contributed by atoms with Crippen molar-refractivity contribution in [2.24, 2.45) is 0 Å². The SMILES string of the molecule is CC(O)COCCC(=O)N1CCN(c2ccc(Cl)cn2)CC1. The maximum atomic E-state index is 12.1. The average molecular weight is 328 g/mol. The van der Waals surface area contributed by atoms with Crippen molar-refractivity contribution in [1.29, 1.82) is 0 Å². The standard InChI is InChI=1S/C15H22ClN3O3/c1-12(20)11-22-9-4-15(21)19-7-5-18(6-8-19)14-3-2-13(16)10-17-14/h2-3,10,12,20H,4-9,11H2,1H3. The van der Waals surface area contributed by atoms with E-state index in [1.54, 1.807) is 13.1 Å². The molecule has 1 aromatic rings. The molecule has 1 aliphatic heterocycles. The highest BCUT2D eigenvalue weighted by atomic mass is 35.5. The van der Waals surface area contributed by atoms with Crippen LogP contribution in [0.2, 0.25) is 5.02 Å². The smallest absolute Gasteiger partial charge is 0.225 e. The Hall–Kier alpha value is -1.37. The Bertz CT molecular complexity index is 473. The third-order valence-electron chi connectivity index (χ3n) is 3.49. The highest BCUT2D eigenvalue weighted by molar-refractivity contribution is 6.30. The first-order valence-corrected chi connectivity index (χ1v) is 7.84. The number of rotatable bonds is 6. The normalized spacial score (nSPS) is 16.7. The van der Waals surface area contributed by atoms with Crippen LogP contribution in [0.15, 0.2) is 18.3 Å². The number of aliphatic hydroxyl groups is 1. The summed E-state index contributed by atoms with van der Waals surface area (Å²) < 4.78 is 5.23. The number of amides is 1. The molecule has 2 rings (SSSR count). The zero-order chi connectivity index (χ0) is 15.9. The number of carbonyl (C=O) groups is 1. The Balaban J connectivity index is 1.72. The van der Waals surface area contributed by atoms with Crippen molar-refractivity contribution in [1.82, 2.24) is 9.88 Å². The molecule has 0 bridgehead atoms. The van der Waals surface area contributed by atoms with Gasteiger partial charge in [0.05, 0.1) is 30.8 Å². The maximum absolute atomic E-state index is 12.1. The molecule has 1 N–H and O–H groups in total. The van der Waals surface area contributed by atoms with Gasteiger partial charge in [0.15, 0.2) is 0 Å². The van der Waals surface area contributed by atoms with Crippen LogP contribution in [0.4, 0.5) is 5.82 Å². The number of carbonyl (C=O) groups excluding carboxylic acids is 1. The first-order chi connectivity index (χ1) is 10.6. The maximum Gasteiger partial charge on any atom is 0.225 e. The lowest BCUT2D eigenvalue weighted by molar-refractivity contribution is -0.132. The monoisotopic (exact) mass is 327 g/mol. The summed E-state index contributed by atoms with van der Waals surface area (Å²) in [5.41, 5.74) is 0. The van der Waals surface area contributed by atoms with Crippen LogP contribution in [0.25, 0.3) is 0 Å². The van der Waals surface area contributed by atoms with Gasteiger partial charge in [-0.05, 0) is 19.1 Å². The second-order valence-electron chi connectivity index (χ2n) is 5.38. The number of aromatic nitrogens is 1. The number of hydrogen-bond acceptors (Lipinski definition) is 5. The van der Waals surface area contributed by atoms with Crippen molar-refractivity contribution in [2.45, 2.75) is 19.4 Å². The molecule has 2 heterocycles. The van der Waals surface area contributed by atoms with Crippen molar-refractivity contribution in [3.63, 3.8) is 0 Å². The first kappa shape index (κ1) is 17.0. The Morgan fingerprint density at radius 3 is 2.73 bits per heavy atom. The van der Waals surface area contributed by atoms with Crippen molar-refractivity contribution in [2.75, 3.05) is 44.3 Å². The summed E-state index contributed by atoms with van der Waals surface area (Å²) in [4.78, 5) is 20.3. The van der Waals surface area contributed by atoms with Crippen LogP contribution in [0, 0.1) is 0 Å². The third kappa shape index (κ3) is 5.12. The van der Waals surface area contributed by atoms with E-state index in [4.69, 9.17) is 21.4 Å². The summed E-state index contributed by atoms with van der Waals surface area (Å²) in [6.07, 6.45) is 1.49. The topological polar surface area (TPSA) is 65.9 Å². The van der Waals surface area contributed by atoms with E-state index in [1.807, 2.05) is 17.0 Å². The molecule has 1 atom stereocenters. The zero-order valence-electron chi connectivity index (χ0n) is 12.7. The Kier molecular flexibility index (Phi) is 6.42. The van der Waals surface area contributed by atoms with Crippen LogP contribution >= 0.6 is 11.6 Å². The Morgan fingerprint density at radius 1 is 1.41 bits per heavy atom. The van der Waals surface area contributed by atoms with Crippen LogP contribution in [0.1, 0.15) is 13.3 Å². The fraction of sp³-hybridized carbons (Fsp3) is 0.600. The summed E-state index contributed by atoms with van der Waals surface area (Å²) in [7, 11) is 0. The van der Waals surface area contributed by atoms with E-state index in [9.17, 15) is 4.79 Å². The minimum atomic E-state index is -0.495. The molecule has 6 nitrogen and oxygen atoms in total. The summed E-state index contributed by atoms with van der Waals surface area (Å²) >= 11 is 5.83. The second kappa shape index (κ2) is 8.31. The average Bonchev–Trinajstić information content (AvgIpc) is 2.52. The van der Waals surface area contributed by atoms with Gasteiger partial charge >= 0.3 is 0 Å². The number of hydrogen-bond donors (Lipinski definition) is 1. The first-order valence-electron chi connectivity index (χ1n) is 7.46. The molecular formula is C15H22ClN3O3. The molecule has 0 spiro atoms. The van der Waals surface area contributed by atoms with E-state index in [2.05, 4.69) is 9.88 Å². The molecular weight excluding hydrogens is 306 g/mol. The number of anilines is 1. The van der Waals surface area contributed by atoms with Crippen molar-refractivity contribution in [3.8, 4) is 0 Å². The highest BCUT2D eigenvalue weighted by Crippen LogP contribution is 2.16. The molecule has 7 heteroatoms. The van der Waals surface area contributed by atoms with Crippen LogP contribution in [0.3, 0.4) is 0 Å². The van der Waals surface area contributed by atoms with Gasteiger partial charge in [-0.15, -0.1) is 0 Å². The van der Waals surface area contributed by atoms with Crippen molar-refractivity contribution >= 4 is 23.3 Å². The number of piperazine rings is 1. The predicted molar refractivity (Wildman–Crippen MR) is 85.2 cm³/mol. The quantitative estimate of drug-likeness (QED) is 0.795. The summed E-state index contributed by atoms with van der Waals surface area (Å²) in [5.74, 6) is 0.978. The van der Waals surface area contributed by atoms with Gasteiger partial charge in [0, 0.05) is 32.4 Å². The fourth-order valence-electron chi connectivity index (χ4n) is 2.31. The number of halogens is 1. The van der Waals surface area contributed by atoms with Gasteiger partial charge in [0.25, 0.3) is 0 Å². The van der Waals surface area contributed by atoms with E-state index in [1.165, 1.54) is 0 Å². The van der Waals surface area contributed by atoms with E-state index < -0.39 is 6.10 Å². The van der Waals surface area contributed by atoms with Gasteiger partial charge in [0.2, 0.25) is 5.91 Å². The molecule has 1 saturated heterocycles. The van der Waals surface area contributed by atoms with Gasteiger partial charge in [-0.25, -0.2) is 4.98 Å². The second-order valence-corrected chi connectivity index (χ2v) is 5.81. The number of aliphatic hydroxyl groups excluding tert-OH is 1. The van der Waals surface area contributed by atoms with E-state index in [0.29, 0.717) is 31.1 Å². The van der Waals surface area contributed by atoms with Crippen LogP contribution in [-0.4, -0.2) is 66.4 Å². The Morgan fingerprint density at radius 2 is 2.14 bits per heavy atom. The van der Waals surface area contributed by atoms with Crippen LogP contribution in [0.5, 0.6) is 0 Å². The lowest BCUT2D eigenvalue weighted by Crippen LogP contribution is -2.49. The molecule has 0 radical (unpaired) electrons. The molecule has 122 valence electrons. The third-order valence-corrected chi connectivity index (χ3v) is 3.71. The van der Waals surface area contributed by atoms with Gasteiger partial charge < -0.3 is 19.6 Å². The lowest BCUT2D eigenvalue weighted by Gasteiger charge is -2.35. The molecule has 1 amide bonds. The van der Waals surface area contributed by atoms with Gasteiger partial charge in [0.1, 0.15) is 5.82 Å². The van der Waals surface area contributed by atoms with E-state index in [0.717, 1.165) is 18.9 Å². The molecule has 0 aliphatic carbocycles. The highest BCUT2D eigenvalue weighted by Gasteiger charge is 2.21. The van der Waals surface area contributed by atoms with E-state index >= 15 is 0 Å². The summed E-state index contributed by atoms with van der Waals surface area (Å²) in [6, 6.07) is 3.71. The van der Waals surface area contributed by atoms with Gasteiger partial charge in [-0.2, -0.15) is 0 Å². The molecule has 1 unspecified atom stereocenters. The summed E-state index contributed by atoms with van der Waals surface area (Å²) in [6.45, 7) is 5.15. The molecule has 22 heavy (non-hydrogen) atoms. The van der Waals surface area contributed by atoms with Crippen LogP contribution in [-0.2, 0) is 9.53 Å². The predicted octanol–water partition coefficient (Wildman–Crippen LogP) is 1.17. The van der Waals surface area contributed by atoms with Crippen LogP contribution < -0.4 is 4.90 Å². The van der Waals surface area contributed by atoms with E-state index in [-0.39, 0.29) is 12.5 Å². The van der Waals surface area contributed by atoms with Crippen molar-refractivity contribution in [3.05, 3.63) is 23.4 Å². The molecule has 0 saturated carbocycles. The van der Waals surface area contributed by atoms with Crippen molar-refractivity contribution < 1.29 is 14.6 Å². The number of ether oxygens (including phenoxy) is 1. The number of nitrogens with zero attached hydrogens (tertiary/aromatic N) is 3. The molecule has 1 aromatic heterocycles.